The van der Waals surface area contributed by atoms with Crippen LogP contribution < -0.4 is 14.9 Å². The van der Waals surface area contributed by atoms with E-state index in [9.17, 15) is 0 Å². The number of hydrogen-bond acceptors (Lipinski definition) is 6. The lowest BCUT2D eigenvalue weighted by Crippen LogP contribution is -1.97. The van der Waals surface area contributed by atoms with Crippen LogP contribution in [0.5, 0.6) is 11.5 Å². The van der Waals surface area contributed by atoms with E-state index < -0.39 is 0 Å². The van der Waals surface area contributed by atoms with Gasteiger partial charge in [-0.1, -0.05) is 39.4 Å². The van der Waals surface area contributed by atoms with E-state index in [4.69, 9.17) is 9.47 Å². The smallest absolute Gasteiger partial charge is 0.204 e. The molecule has 0 aliphatic rings. The zero-order valence-electron chi connectivity index (χ0n) is 12.5. The Morgan fingerprint density at radius 1 is 1.22 bits per heavy atom. The van der Waals surface area contributed by atoms with E-state index >= 15 is 0 Å². The lowest BCUT2D eigenvalue weighted by molar-refractivity contribution is 0.354. The third-order valence-electron chi connectivity index (χ3n) is 3.13. The molecule has 3 rings (SSSR count). The van der Waals surface area contributed by atoms with Gasteiger partial charge < -0.3 is 9.47 Å². The van der Waals surface area contributed by atoms with Crippen LogP contribution in [0.3, 0.4) is 0 Å². The highest BCUT2D eigenvalue weighted by molar-refractivity contribution is 9.10. The molecule has 1 aromatic heterocycles. The Kier molecular flexibility index (Phi) is 4.78. The molecule has 2 aromatic carbocycles. The molecule has 0 aliphatic heterocycles. The second-order valence-electron chi connectivity index (χ2n) is 4.59. The zero-order chi connectivity index (χ0) is 16.2. The number of hydrogen-bond donors (Lipinski definition) is 1. The van der Waals surface area contributed by atoms with E-state index in [0.29, 0.717) is 11.5 Å². The number of ether oxygens (including phenoxy) is 2. The minimum Gasteiger partial charge on any atom is -0.493 e. The highest BCUT2D eigenvalue weighted by atomic mass is 79.9. The van der Waals surface area contributed by atoms with Crippen LogP contribution in [0.2, 0.25) is 0 Å². The number of thiazole rings is 1. The van der Waals surface area contributed by atoms with Gasteiger partial charge in [0.25, 0.3) is 0 Å². The molecule has 0 aliphatic carbocycles. The van der Waals surface area contributed by atoms with Crippen molar-refractivity contribution in [3.8, 4) is 11.5 Å². The summed E-state index contributed by atoms with van der Waals surface area (Å²) in [6, 6.07) is 11.7. The molecule has 0 radical (unpaired) electrons. The monoisotopic (exact) mass is 391 g/mol. The molecule has 0 atom stereocenters. The van der Waals surface area contributed by atoms with Crippen LogP contribution in [0.4, 0.5) is 5.13 Å². The molecule has 3 aromatic rings. The van der Waals surface area contributed by atoms with Crippen LogP contribution >= 0.6 is 27.3 Å². The molecule has 0 unspecified atom stereocenters. The number of fused-ring (bicyclic) bond motifs is 1. The number of hydrazone groups is 1. The molecule has 0 saturated carbocycles. The maximum atomic E-state index is 5.40. The van der Waals surface area contributed by atoms with E-state index in [-0.39, 0.29) is 0 Å². The molecule has 7 heteroatoms. The minimum absolute atomic E-state index is 0.630. The maximum Gasteiger partial charge on any atom is 0.204 e. The third kappa shape index (κ3) is 3.46. The van der Waals surface area contributed by atoms with E-state index in [1.54, 1.807) is 31.8 Å². The van der Waals surface area contributed by atoms with Gasteiger partial charge in [-0.25, -0.2) is 4.98 Å². The molecule has 0 fully saturated rings. The summed E-state index contributed by atoms with van der Waals surface area (Å²) in [6.07, 6.45) is 1.68. The first-order chi connectivity index (χ1) is 11.2. The second kappa shape index (κ2) is 6.97. The summed E-state index contributed by atoms with van der Waals surface area (Å²) in [4.78, 5) is 4.47. The van der Waals surface area contributed by atoms with Crippen LogP contribution in [-0.2, 0) is 0 Å². The zero-order valence-corrected chi connectivity index (χ0v) is 14.9. The Balaban J connectivity index is 1.83. The summed E-state index contributed by atoms with van der Waals surface area (Å²) in [6.45, 7) is 0. The van der Waals surface area contributed by atoms with Crippen LogP contribution in [-0.4, -0.2) is 25.4 Å². The van der Waals surface area contributed by atoms with Gasteiger partial charge in [-0.3, -0.25) is 5.43 Å². The van der Waals surface area contributed by atoms with Crippen molar-refractivity contribution in [2.24, 2.45) is 5.10 Å². The Morgan fingerprint density at radius 3 is 2.78 bits per heavy atom. The van der Waals surface area contributed by atoms with Crippen LogP contribution in [0.25, 0.3) is 10.2 Å². The number of para-hydroxylation sites is 1. The predicted octanol–water partition coefficient (Wildman–Crippen LogP) is 4.52. The molecule has 0 spiro atoms. The Bertz CT molecular complexity index is 831. The number of anilines is 1. The van der Waals surface area contributed by atoms with Crippen LogP contribution in [0.1, 0.15) is 5.56 Å². The lowest BCUT2D eigenvalue weighted by Gasteiger charge is -2.10. The van der Waals surface area contributed by atoms with Gasteiger partial charge in [-0.15, -0.1) is 0 Å². The van der Waals surface area contributed by atoms with Crippen molar-refractivity contribution in [1.29, 1.82) is 0 Å². The minimum atomic E-state index is 0.630. The van der Waals surface area contributed by atoms with E-state index in [2.05, 4.69) is 31.4 Å². The van der Waals surface area contributed by atoms with Crippen LogP contribution in [0.15, 0.2) is 46.0 Å². The fraction of sp³-hybridized carbons (Fsp3) is 0.125. The summed E-state index contributed by atoms with van der Waals surface area (Å²) in [5, 5.41) is 4.99. The van der Waals surface area contributed by atoms with Gasteiger partial charge in [0.05, 0.1) is 30.7 Å². The van der Waals surface area contributed by atoms with Crippen molar-refractivity contribution in [3.63, 3.8) is 0 Å². The van der Waals surface area contributed by atoms with Crippen molar-refractivity contribution in [3.05, 3.63) is 46.4 Å². The van der Waals surface area contributed by atoms with Crippen molar-refractivity contribution < 1.29 is 9.47 Å². The fourth-order valence-corrected chi connectivity index (χ4v) is 3.40. The molecule has 1 N–H and O–H groups in total. The number of nitrogens with zero attached hydrogens (tertiary/aromatic N) is 2. The first kappa shape index (κ1) is 15.8. The first-order valence-electron chi connectivity index (χ1n) is 6.77. The normalized spacial score (nSPS) is 11.1. The largest absolute Gasteiger partial charge is 0.493 e. The number of methoxy groups -OCH3 is 2. The third-order valence-corrected chi connectivity index (χ3v) is 4.53. The summed E-state index contributed by atoms with van der Waals surface area (Å²) in [7, 11) is 3.20. The molecular formula is C16H14BrN3O2S. The van der Waals surface area contributed by atoms with Gasteiger partial charge >= 0.3 is 0 Å². The molecule has 23 heavy (non-hydrogen) atoms. The maximum absolute atomic E-state index is 5.40. The first-order valence-corrected chi connectivity index (χ1v) is 8.38. The molecule has 1 heterocycles. The quantitative estimate of drug-likeness (QED) is 0.512. The van der Waals surface area contributed by atoms with Gasteiger partial charge in [-0.05, 0) is 24.3 Å². The number of rotatable bonds is 5. The average Bonchev–Trinajstić information content (AvgIpc) is 2.97. The molecule has 118 valence electrons. The predicted molar refractivity (Wildman–Crippen MR) is 98.1 cm³/mol. The van der Waals surface area contributed by atoms with Crippen LogP contribution in [0, 0.1) is 0 Å². The van der Waals surface area contributed by atoms with Crippen molar-refractivity contribution in [2.45, 2.75) is 0 Å². The summed E-state index contributed by atoms with van der Waals surface area (Å²) >= 11 is 5.00. The van der Waals surface area contributed by atoms with Crippen molar-refractivity contribution >= 4 is 48.8 Å². The highest BCUT2D eigenvalue weighted by Gasteiger charge is 2.10. The van der Waals surface area contributed by atoms with Gasteiger partial charge in [0.1, 0.15) is 0 Å². The standard InChI is InChI=1S/C16H14BrN3O2S/c1-21-13-8-11(17)7-10(15(13)22-2)9-18-20-16-19-12-5-3-4-6-14(12)23-16/h3-9H,1-2H3,(H,19,20)/b18-9-. The van der Waals surface area contributed by atoms with E-state index in [1.165, 1.54) is 0 Å². The topological polar surface area (TPSA) is 55.7 Å². The fourth-order valence-electron chi connectivity index (χ4n) is 2.13. The summed E-state index contributed by atoms with van der Waals surface area (Å²) in [5.41, 5.74) is 4.71. The molecular weight excluding hydrogens is 378 g/mol. The Morgan fingerprint density at radius 2 is 2.04 bits per heavy atom. The van der Waals surface area contributed by atoms with Crippen molar-refractivity contribution in [2.75, 3.05) is 19.6 Å². The summed E-state index contributed by atoms with van der Waals surface area (Å²) in [5.74, 6) is 1.27. The van der Waals surface area contributed by atoms with Gasteiger partial charge in [-0.2, -0.15) is 5.10 Å². The number of halogens is 1. The van der Waals surface area contributed by atoms with Gasteiger partial charge in [0, 0.05) is 10.0 Å². The molecule has 0 bridgehead atoms. The molecule has 5 nitrogen and oxygen atoms in total. The van der Waals surface area contributed by atoms with E-state index in [0.717, 1.165) is 25.4 Å². The molecule has 0 amide bonds. The lowest BCUT2D eigenvalue weighted by atomic mass is 10.2. The number of benzene rings is 2. The summed E-state index contributed by atoms with van der Waals surface area (Å²) < 4.78 is 12.7. The van der Waals surface area contributed by atoms with E-state index in [1.807, 2.05) is 36.4 Å². The average molecular weight is 392 g/mol. The SMILES string of the molecule is COc1cc(Br)cc(/C=N\Nc2nc3ccccc3s2)c1OC. The molecule has 0 saturated heterocycles. The highest BCUT2D eigenvalue weighted by Crippen LogP contribution is 2.33. The Labute approximate surface area is 146 Å². The van der Waals surface area contributed by atoms with Gasteiger partial charge in [0.2, 0.25) is 5.13 Å². The number of aromatic nitrogens is 1. The second-order valence-corrected chi connectivity index (χ2v) is 6.53. The van der Waals surface area contributed by atoms with Crippen molar-refractivity contribution in [1.82, 2.24) is 4.98 Å². The Hall–Kier alpha value is -2.12. The van der Waals surface area contributed by atoms with Gasteiger partial charge in [0.15, 0.2) is 11.5 Å². The number of nitrogens with one attached hydrogen (secondary N) is 1.